The van der Waals surface area contributed by atoms with Gasteiger partial charge in [0.15, 0.2) is 0 Å². The van der Waals surface area contributed by atoms with Crippen molar-refractivity contribution in [1.82, 2.24) is 9.55 Å². The van der Waals surface area contributed by atoms with E-state index in [0.717, 1.165) is 30.5 Å². The summed E-state index contributed by atoms with van der Waals surface area (Å²) in [5.41, 5.74) is -4.18. The summed E-state index contributed by atoms with van der Waals surface area (Å²) in [6.45, 7) is -0.457. The smallest absolute Gasteiger partial charge is 0.321 e. The lowest BCUT2D eigenvalue weighted by Gasteiger charge is -2.13. The first kappa shape index (κ1) is 20.1. The number of para-hydroxylation sites is 1. The van der Waals surface area contributed by atoms with Crippen molar-refractivity contribution in [3.63, 3.8) is 0 Å². The Morgan fingerprint density at radius 1 is 1.03 bits per heavy atom. The predicted octanol–water partition coefficient (Wildman–Crippen LogP) is 3.00. The summed E-state index contributed by atoms with van der Waals surface area (Å²) in [6.07, 6.45) is -3.92. The van der Waals surface area contributed by atoms with Crippen LogP contribution in [0.5, 0.6) is 0 Å². The summed E-state index contributed by atoms with van der Waals surface area (Å²) < 4.78 is 53.6. The molecule has 0 atom stereocenters. The van der Waals surface area contributed by atoms with E-state index in [1.54, 1.807) is 0 Å². The molecule has 0 aliphatic heterocycles. The van der Waals surface area contributed by atoms with Crippen LogP contribution in [0.4, 0.5) is 23.2 Å². The van der Waals surface area contributed by atoms with Gasteiger partial charge in [-0.05, 0) is 18.2 Å². The minimum atomic E-state index is -4.72. The van der Waals surface area contributed by atoms with Gasteiger partial charge in [0.25, 0.3) is 11.5 Å². The van der Waals surface area contributed by atoms with Crippen LogP contribution in [0.3, 0.4) is 0 Å². The molecule has 2 N–H and O–H groups in total. The van der Waals surface area contributed by atoms with Crippen molar-refractivity contribution in [3.05, 3.63) is 98.1 Å². The van der Waals surface area contributed by atoms with Crippen molar-refractivity contribution in [3.8, 4) is 0 Å². The molecule has 0 aliphatic rings. The SMILES string of the molecule is O=C(Nc1ccccc1C(F)(F)F)c1c[nH]c(=O)n(Cc2ccccc2F)c1=O. The van der Waals surface area contributed by atoms with E-state index >= 15 is 0 Å². The first-order valence-electron chi connectivity index (χ1n) is 8.22. The Labute approximate surface area is 160 Å². The summed E-state index contributed by atoms with van der Waals surface area (Å²) in [5, 5.41) is 2.03. The maximum atomic E-state index is 13.8. The van der Waals surface area contributed by atoms with Crippen molar-refractivity contribution < 1.29 is 22.4 Å². The molecule has 1 heterocycles. The van der Waals surface area contributed by atoms with E-state index in [2.05, 4.69) is 4.98 Å². The number of hydrogen-bond donors (Lipinski definition) is 2. The largest absolute Gasteiger partial charge is 0.418 e. The molecule has 0 aliphatic carbocycles. The van der Waals surface area contributed by atoms with Gasteiger partial charge in [-0.2, -0.15) is 13.2 Å². The predicted molar refractivity (Wildman–Crippen MR) is 96.2 cm³/mol. The molecule has 0 saturated heterocycles. The maximum Gasteiger partial charge on any atom is 0.418 e. The standard InChI is InChI=1S/C19H13F4N3O3/c20-14-7-3-1-5-11(14)10-26-17(28)12(9-24-18(26)29)16(27)25-15-8-4-2-6-13(15)19(21,22)23/h1-9H,10H2,(H,24,29)(H,25,27). The third-order valence-corrected chi connectivity index (χ3v) is 4.07. The zero-order valence-electron chi connectivity index (χ0n) is 14.6. The number of aromatic amines is 1. The van der Waals surface area contributed by atoms with Gasteiger partial charge in [0.1, 0.15) is 11.4 Å². The molecule has 1 amide bonds. The molecule has 3 aromatic rings. The third kappa shape index (κ3) is 4.26. The van der Waals surface area contributed by atoms with E-state index in [4.69, 9.17) is 0 Å². The topological polar surface area (TPSA) is 84.0 Å². The van der Waals surface area contributed by atoms with Crippen LogP contribution in [-0.4, -0.2) is 15.5 Å². The molecule has 0 spiro atoms. The van der Waals surface area contributed by atoms with Crippen molar-refractivity contribution in [1.29, 1.82) is 0 Å². The Hall–Kier alpha value is -3.69. The lowest BCUT2D eigenvalue weighted by molar-refractivity contribution is -0.136. The van der Waals surface area contributed by atoms with Crippen LogP contribution in [0.15, 0.2) is 64.3 Å². The normalized spacial score (nSPS) is 11.3. The van der Waals surface area contributed by atoms with Crippen molar-refractivity contribution in [2.75, 3.05) is 5.32 Å². The number of halogens is 4. The number of nitrogens with one attached hydrogen (secondary N) is 2. The molecule has 29 heavy (non-hydrogen) atoms. The van der Waals surface area contributed by atoms with Crippen LogP contribution in [0.25, 0.3) is 0 Å². The van der Waals surface area contributed by atoms with E-state index < -0.39 is 52.5 Å². The summed E-state index contributed by atoms with van der Waals surface area (Å²) >= 11 is 0. The molecule has 0 saturated carbocycles. The van der Waals surface area contributed by atoms with Gasteiger partial charge < -0.3 is 10.3 Å². The van der Waals surface area contributed by atoms with Crippen LogP contribution < -0.4 is 16.6 Å². The molecule has 10 heteroatoms. The molecule has 3 rings (SSSR count). The highest BCUT2D eigenvalue weighted by Crippen LogP contribution is 2.34. The molecule has 0 fully saturated rings. The zero-order valence-corrected chi connectivity index (χ0v) is 14.6. The van der Waals surface area contributed by atoms with Gasteiger partial charge in [0, 0.05) is 11.8 Å². The fraction of sp³-hybridized carbons (Fsp3) is 0.105. The quantitative estimate of drug-likeness (QED) is 0.653. The number of amides is 1. The summed E-state index contributed by atoms with van der Waals surface area (Å²) in [6, 6.07) is 9.67. The van der Waals surface area contributed by atoms with Crippen LogP contribution in [0.2, 0.25) is 0 Å². The number of nitrogens with zero attached hydrogens (tertiary/aromatic N) is 1. The number of rotatable bonds is 4. The van der Waals surface area contributed by atoms with E-state index in [9.17, 15) is 31.9 Å². The molecule has 0 unspecified atom stereocenters. The molecular formula is C19H13F4N3O3. The van der Waals surface area contributed by atoms with Gasteiger partial charge in [0.2, 0.25) is 0 Å². The summed E-state index contributed by atoms with van der Waals surface area (Å²) in [7, 11) is 0. The average molecular weight is 407 g/mol. The molecule has 2 aromatic carbocycles. The minimum absolute atomic E-state index is 0.0278. The van der Waals surface area contributed by atoms with E-state index in [1.165, 1.54) is 24.3 Å². The summed E-state index contributed by atoms with van der Waals surface area (Å²) in [5.74, 6) is -1.81. The number of H-pyrrole nitrogens is 1. The number of benzene rings is 2. The molecule has 150 valence electrons. The highest BCUT2D eigenvalue weighted by Gasteiger charge is 2.33. The monoisotopic (exact) mass is 407 g/mol. The fourth-order valence-electron chi connectivity index (χ4n) is 2.64. The molecular weight excluding hydrogens is 394 g/mol. The van der Waals surface area contributed by atoms with E-state index in [0.29, 0.717) is 4.57 Å². The van der Waals surface area contributed by atoms with E-state index in [-0.39, 0.29) is 5.56 Å². The van der Waals surface area contributed by atoms with E-state index in [1.807, 2.05) is 5.32 Å². The van der Waals surface area contributed by atoms with Crippen LogP contribution in [0, 0.1) is 5.82 Å². The van der Waals surface area contributed by atoms with Gasteiger partial charge in [-0.25, -0.2) is 9.18 Å². The number of carbonyl (C=O) groups excluding carboxylic acids is 1. The minimum Gasteiger partial charge on any atom is -0.321 e. The van der Waals surface area contributed by atoms with Gasteiger partial charge in [0.05, 0.1) is 17.8 Å². The number of hydrogen-bond acceptors (Lipinski definition) is 3. The maximum absolute atomic E-state index is 13.8. The van der Waals surface area contributed by atoms with Crippen molar-refractivity contribution >= 4 is 11.6 Å². The lowest BCUT2D eigenvalue weighted by Crippen LogP contribution is -2.39. The Kier molecular flexibility index (Phi) is 5.35. The highest BCUT2D eigenvalue weighted by molar-refractivity contribution is 6.04. The van der Waals surface area contributed by atoms with Gasteiger partial charge in [-0.1, -0.05) is 30.3 Å². The molecule has 6 nitrogen and oxygen atoms in total. The Bertz CT molecular complexity index is 1180. The Morgan fingerprint density at radius 3 is 2.38 bits per heavy atom. The second-order valence-electron chi connectivity index (χ2n) is 5.99. The van der Waals surface area contributed by atoms with Gasteiger partial charge >= 0.3 is 11.9 Å². The van der Waals surface area contributed by atoms with Crippen LogP contribution >= 0.6 is 0 Å². The first-order chi connectivity index (χ1) is 13.7. The van der Waals surface area contributed by atoms with Gasteiger partial charge in [-0.3, -0.25) is 14.2 Å². The molecule has 1 aromatic heterocycles. The number of alkyl halides is 3. The molecule has 0 bridgehead atoms. The lowest BCUT2D eigenvalue weighted by atomic mass is 10.1. The Balaban J connectivity index is 1.97. The van der Waals surface area contributed by atoms with Gasteiger partial charge in [-0.15, -0.1) is 0 Å². The number of carbonyl (C=O) groups is 1. The molecule has 0 radical (unpaired) electrons. The van der Waals surface area contributed by atoms with Crippen molar-refractivity contribution in [2.45, 2.75) is 12.7 Å². The fourth-order valence-corrected chi connectivity index (χ4v) is 2.64. The van der Waals surface area contributed by atoms with Crippen molar-refractivity contribution in [2.24, 2.45) is 0 Å². The third-order valence-electron chi connectivity index (χ3n) is 4.07. The highest BCUT2D eigenvalue weighted by atomic mass is 19.4. The van der Waals surface area contributed by atoms with Crippen LogP contribution in [-0.2, 0) is 12.7 Å². The second-order valence-corrected chi connectivity index (χ2v) is 5.99. The second kappa shape index (κ2) is 7.74. The zero-order chi connectivity index (χ0) is 21.2. The average Bonchev–Trinajstić information content (AvgIpc) is 2.66. The first-order valence-corrected chi connectivity index (χ1v) is 8.22. The number of aromatic nitrogens is 2. The van der Waals surface area contributed by atoms with Crippen LogP contribution in [0.1, 0.15) is 21.5 Å². The summed E-state index contributed by atoms with van der Waals surface area (Å²) in [4.78, 5) is 39.1. The Morgan fingerprint density at radius 2 is 1.69 bits per heavy atom. The number of anilines is 1.